The van der Waals surface area contributed by atoms with Gasteiger partial charge >= 0.3 is 0 Å². The highest BCUT2D eigenvalue weighted by atomic mass is 19.1. The lowest BCUT2D eigenvalue weighted by molar-refractivity contribution is 0.439. The van der Waals surface area contributed by atoms with Gasteiger partial charge in [0.1, 0.15) is 17.3 Å². The smallest absolute Gasteiger partial charge is 0.273 e. The van der Waals surface area contributed by atoms with Crippen molar-refractivity contribution in [1.29, 1.82) is 0 Å². The Morgan fingerprint density at radius 2 is 1.69 bits per heavy atom. The Bertz CT molecular complexity index is 1060. The molecule has 0 aliphatic rings. The van der Waals surface area contributed by atoms with E-state index in [0.29, 0.717) is 28.1 Å². The first-order valence-corrected chi connectivity index (χ1v) is 7.76. The van der Waals surface area contributed by atoms with Crippen LogP contribution in [0.2, 0.25) is 0 Å². The van der Waals surface area contributed by atoms with E-state index in [9.17, 15) is 13.6 Å². The minimum Gasteiger partial charge on any atom is -0.454 e. The number of nitrogen functional groups attached to an aromatic ring is 2. The Labute approximate surface area is 148 Å². The van der Waals surface area contributed by atoms with Gasteiger partial charge in [0, 0.05) is 36.1 Å². The van der Waals surface area contributed by atoms with Gasteiger partial charge in [0.15, 0.2) is 11.6 Å². The zero-order valence-corrected chi connectivity index (χ0v) is 14.2. The fraction of sp³-hybridized carbons (Fsp3) is 0.105. The summed E-state index contributed by atoms with van der Waals surface area (Å²) in [5, 5.41) is 0. The summed E-state index contributed by atoms with van der Waals surface area (Å²) in [7, 11) is 1.58. The number of hydrogen-bond acceptors (Lipinski definition) is 4. The van der Waals surface area contributed by atoms with Crippen molar-refractivity contribution in [3.8, 4) is 22.6 Å². The van der Waals surface area contributed by atoms with E-state index in [2.05, 4.69) is 0 Å². The molecule has 26 heavy (non-hydrogen) atoms. The number of hydrogen-bond donors (Lipinski definition) is 2. The molecule has 7 heteroatoms. The summed E-state index contributed by atoms with van der Waals surface area (Å²) >= 11 is 0. The number of anilines is 2. The summed E-state index contributed by atoms with van der Waals surface area (Å²) in [6, 6.07) is 7.86. The molecule has 0 aliphatic heterocycles. The van der Waals surface area contributed by atoms with Gasteiger partial charge in [-0.15, -0.1) is 0 Å². The van der Waals surface area contributed by atoms with Crippen molar-refractivity contribution >= 4 is 11.4 Å². The fourth-order valence-corrected chi connectivity index (χ4v) is 2.64. The fourth-order valence-electron chi connectivity index (χ4n) is 2.64. The van der Waals surface area contributed by atoms with E-state index in [1.54, 1.807) is 38.4 Å². The van der Waals surface area contributed by atoms with Crippen molar-refractivity contribution in [2.45, 2.75) is 6.92 Å². The lowest BCUT2D eigenvalue weighted by atomic mass is 10.00. The first-order chi connectivity index (χ1) is 12.3. The molecule has 2 aromatic carbocycles. The Morgan fingerprint density at radius 1 is 1.00 bits per heavy atom. The van der Waals surface area contributed by atoms with Crippen molar-refractivity contribution in [3.63, 3.8) is 0 Å². The summed E-state index contributed by atoms with van der Waals surface area (Å²) in [6.07, 6.45) is 1.61. The highest BCUT2D eigenvalue weighted by Crippen LogP contribution is 2.37. The second-order valence-corrected chi connectivity index (χ2v) is 5.93. The molecule has 0 amide bonds. The maximum atomic E-state index is 14.0. The van der Waals surface area contributed by atoms with E-state index >= 15 is 0 Å². The minimum absolute atomic E-state index is 0.103. The molecule has 3 rings (SSSR count). The maximum absolute atomic E-state index is 14.0. The van der Waals surface area contributed by atoms with Crippen molar-refractivity contribution < 1.29 is 13.5 Å². The molecule has 0 atom stereocenters. The molecular formula is C19H17F2N3O2. The third kappa shape index (κ3) is 3.11. The molecule has 0 unspecified atom stereocenters. The van der Waals surface area contributed by atoms with Crippen LogP contribution in [-0.4, -0.2) is 4.57 Å². The van der Waals surface area contributed by atoms with Gasteiger partial charge in [-0.1, -0.05) is 0 Å². The molecule has 0 saturated carbocycles. The minimum atomic E-state index is -0.829. The molecule has 5 nitrogen and oxygen atoms in total. The summed E-state index contributed by atoms with van der Waals surface area (Å²) in [5.74, 6) is -1.36. The van der Waals surface area contributed by atoms with Crippen molar-refractivity contribution in [1.82, 2.24) is 4.57 Å². The van der Waals surface area contributed by atoms with Gasteiger partial charge in [0.25, 0.3) is 5.56 Å². The highest BCUT2D eigenvalue weighted by Gasteiger charge is 2.16. The summed E-state index contributed by atoms with van der Waals surface area (Å²) < 4.78 is 34.1. The van der Waals surface area contributed by atoms with Crippen LogP contribution in [0.15, 0.2) is 47.4 Å². The van der Waals surface area contributed by atoms with E-state index in [0.717, 1.165) is 12.1 Å². The van der Waals surface area contributed by atoms with Crippen LogP contribution in [-0.2, 0) is 7.05 Å². The van der Waals surface area contributed by atoms with Crippen LogP contribution in [0.3, 0.4) is 0 Å². The van der Waals surface area contributed by atoms with E-state index in [1.807, 2.05) is 0 Å². The number of nitrogens with two attached hydrogens (primary N) is 2. The molecule has 0 fully saturated rings. The molecule has 0 radical (unpaired) electrons. The largest absolute Gasteiger partial charge is 0.454 e. The van der Waals surface area contributed by atoms with E-state index in [1.165, 1.54) is 10.6 Å². The molecular weight excluding hydrogens is 340 g/mol. The number of halogens is 2. The van der Waals surface area contributed by atoms with Gasteiger partial charge < -0.3 is 20.8 Å². The van der Waals surface area contributed by atoms with Gasteiger partial charge in [-0.05, 0) is 42.8 Å². The lowest BCUT2D eigenvalue weighted by Crippen LogP contribution is -2.21. The van der Waals surface area contributed by atoms with Gasteiger partial charge in [-0.25, -0.2) is 8.78 Å². The monoisotopic (exact) mass is 357 g/mol. The second-order valence-electron chi connectivity index (χ2n) is 5.93. The quantitative estimate of drug-likeness (QED) is 0.702. The van der Waals surface area contributed by atoms with E-state index < -0.39 is 11.6 Å². The van der Waals surface area contributed by atoms with Crippen LogP contribution in [0.5, 0.6) is 11.5 Å². The van der Waals surface area contributed by atoms with Gasteiger partial charge in [-0.2, -0.15) is 0 Å². The maximum Gasteiger partial charge on any atom is 0.273 e. The lowest BCUT2D eigenvalue weighted by Gasteiger charge is -2.16. The standard InChI is InChI=1S/C19H17F2N3O2/c1-10-14(9-24(2)19(25)18(10)23)13-8-12(22)4-6-16(13)26-17-5-3-11(20)7-15(17)21/h3-9H,22-23H2,1-2H3. The molecule has 1 aromatic heterocycles. The molecule has 0 spiro atoms. The third-order valence-electron chi connectivity index (χ3n) is 4.09. The Hall–Kier alpha value is -3.35. The molecule has 0 saturated heterocycles. The van der Waals surface area contributed by atoms with Crippen LogP contribution in [0.4, 0.5) is 20.2 Å². The molecule has 4 N–H and O–H groups in total. The van der Waals surface area contributed by atoms with Crippen LogP contribution in [0.1, 0.15) is 5.56 Å². The Balaban J connectivity index is 2.18. The number of pyridine rings is 1. The normalized spacial score (nSPS) is 10.8. The van der Waals surface area contributed by atoms with E-state index in [4.69, 9.17) is 16.2 Å². The summed E-state index contributed by atoms with van der Waals surface area (Å²) in [4.78, 5) is 12.0. The van der Waals surface area contributed by atoms with E-state index in [-0.39, 0.29) is 17.0 Å². The molecule has 0 aliphatic carbocycles. The van der Waals surface area contributed by atoms with Crippen molar-refractivity contribution in [2.24, 2.45) is 7.05 Å². The third-order valence-corrected chi connectivity index (χ3v) is 4.09. The van der Waals surface area contributed by atoms with Gasteiger partial charge in [0.05, 0.1) is 0 Å². The molecule has 1 heterocycles. The number of aromatic nitrogens is 1. The Kier molecular flexibility index (Phi) is 4.38. The highest BCUT2D eigenvalue weighted by molar-refractivity contribution is 5.79. The number of ether oxygens (including phenoxy) is 1. The number of nitrogens with zero attached hydrogens (tertiary/aromatic N) is 1. The summed E-state index contributed by atoms with van der Waals surface area (Å²) in [5.41, 5.74) is 13.7. The first-order valence-electron chi connectivity index (χ1n) is 7.76. The van der Waals surface area contributed by atoms with Crippen LogP contribution in [0, 0.1) is 18.6 Å². The van der Waals surface area contributed by atoms with Crippen LogP contribution >= 0.6 is 0 Å². The predicted molar refractivity (Wildman–Crippen MR) is 97.1 cm³/mol. The van der Waals surface area contributed by atoms with Crippen LogP contribution in [0.25, 0.3) is 11.1 Å². The zero-order valence-electron chi connectivity index (χ0n) is 14.2. The number of benzene rings is 2. The number of rotatable bonds is 3. The van der Waals surface area contributed by atoms with Gasteiger partial charge in [-0.3, -0.25) is 4.79 Å². The molecule has 3 aromatic rings. The van der Waals surface area contributed by atoms with Crippen LogP contribution < -0.4 is 21.8 Å². The molecule has 0 bridgehead atoms. The van der Waals surface area contributed by atoms with Crippen molar-refractivity contribution in [2.75, 3.05) is 11.5 Å². The van der Waals surface area contributed by atoms with Crippen molar-refractivity contribution in [3.05, 3.63) is 70.1 Å². The predicted octanol–water partition coefficient (Wildman–Crippen LogP) is 3.60. The number of aryl methyl sites for hydroxylation is 1. The first kappa shape index (κ1) is 17.5. The SMILES string of the molecule is Cc1c(-c2cc(N)ccc2Oc2ccc(F)cc2F)cn(C)c(=O)c1N. The van der Waals surface area contributed by atoms with Gasteiger partial charge in [0.2, 0.25) is 0 Å². The topological polar surface area (TPSA) is 83.3 Å². The Morgan fingerprint density at radius 3 is 2.38 bits per heavy atom. The zero-order chi connectivity index (χ0) is 19.0. The average molecular weight is 357 g/mol. The average Bonchev–Trinajstić information content (AvgIpc) is 2.60. The molecule has 134 valence electrons. The second kappa shape index (κ2) is 6.51. The summed E-state index contributed by atoms with van der Waals surface area (Å²) in [6.45, 7) is 1.71.